The van der Waals surface area contributed by atoms with Crippen molar-refractivity contribution >= 4 is 34.1 Å². The molecule has 0 bridgehead atoms. The van der Waals surface area contributed by atoms with E-state index in [0.717, 1.165) is 0 Å². The van der Waals surface area contributed by atoms with Gasteiger partial charge in [0.25, 0.3) is 11.5 Å². The number of ketones is 1. The summed E-state index contributed by atoms with van der Waals surface area (Å²) < 4.78 is 6.35. The summed E-state index contributed by atoms with van der Waals surface area (Å²) in [5.74, 6) is -1.41. The number of carbonyl (C=O) groups excluding carboxylic acids is 3. The van der Waals surface area contributed by atoms with Gasteiger partial charge in [0.2, 0.25) is 0 Å². The molecular weight excluding hydrogens is 386 g/mol. The molecule has 154 valence electrons. The predicted octanol–water partition coefficient (Wildman–Crippen LogP) is 2.80. The van der Waals surface area contributed by atoms with Crippen LogP contribution >= 0.6 is 0 Å². The monoisotopic (exact) mass is 407 g/mol. The number of benzene rings is 2. The van der Waals surface area contributed by atoms with Gasteiger partial charge in [-0.3, -0.25) is 14.4 Å². The first-order chi connectivity index (χ1) is 14.4. The van der Waals surface area contributed by atoms with E-state index in [4.69, 9.17) is 4.74 Å². The van der Waals surface area contributed by atoms with Crippen LogP contribution in [0.5, 0.6) is 0 Å². The Labute approximate surface area is 172 Å². The molecule has 1 heterocycles. The molecule has 3 aromatic rings. The van der Waals surface area contributed by atoms with Gasteiger partial charge >= 0.3 is 5.97 Å². The number of nitrogens with zero attached hydrogens (tertiary/aromatic N) is 2. The standard InChI is InChI=1S/C22H21N3O5/c1-3-12-25-21(28)18-7-5-4-6-17(18)20(24-25)22(29)30-13-19(27)23-16-10-8-15(9-11-16)14(2)26/h4-11H,3,12-13H2,1-2H3,(H,23,27). The van der Waals surface area contributed by atoms with Crippen LogP contribution in [0.4, 0.5) is 5.69 Å². The largest absolute Gasteiger partial charge is 0.451 e. The quantitative estimate of drug-likeness (QED) is 0.477. The lowest BCUT2D eigenvalue weighted by Gasteiger charge is -2.10. The van der Waals surface area contributed by atoms with Gasteiger partial charge in [0.05, 0.1) is 5.39 Å². The van der Waals surface area contributed by atoms with Crippen LogP contribution in [0.25, 0.3) is 10.8 Å². The Morgan fingerprint density at radius 1 is 1.03 bits per heavy atom. The van der Waals surface area contributed by atoms with Gasteiger partial charge in [-0.25, -0.2) is 9.48 Å². The zero-order valence-corrected chi connectivity index (χ0v) is 16.7. The lowest BCUT2D eigenvalue weighted by atomic mass is 10.1. The second kappa shape index (κ2) is 9.13. The summed E-state index contributed by atoms with van der Waals surface area (Å²) in [6.07, 6.45) is 0.671. The van der Waals surface area contributed by atoms with Gasteiger partial charge in [-0.05, 0) is 43.7 Å². The molecule has 1 amide bonds. The van der Waals surface area contributed by atoms with Crippen molar-refractivity contribution in [3.05, 3.63) is 70.1 Å². The number of hydrogen-bond acceptors (Lipinski definition) is 6. The van der Waals surface area contributed by atoms with E-state index >= 15 is 0 Å². The van der Waals surface area contributed by atoms with Crippen molar-refractivity contribution < 1.29 is 19.1 Å². The fraction of sp³-hybridized carbons (Fsp3) is 0.227. The Kier molecular flexibility index (Phi) is 6.36. The summed E-state index contributed by atoms with van der Waals surface area (Å²) in [4.78, 5) is 48.5. The number of amides is 1. The summed E-state index contributed by atoms with van der Waals surface area (Å²) in [5.41, 5.74) is 0.703. The van der Waals surface area contributed by atoms with Crippen molar-refractivity contribution in [2.24, 2.45) is 0 Å². The van der Waals surface area contributed by atoms with Gasteiger partial charge in [0, 0.05) is 23.2 Å². The normalized spacial score (nSPS) is 10.6. The minimum Gasteiger partial charge on any atom is -0.451 e. The van der Waals surface area contributed by atoms with Gasteiger partial charge in [-0.1, -0.05) is 25.1 Å². The van der Waals surface area contributed by atoms with Crippen molar-refractivity contribution in [1.29, 1.82) is 0 Å². The molecule has 0 spiro atoms. The number of ether oxygens (including phenoxy) is 1. The topological polar surface area (TPSA) is 107 Å². The van der Waals surface area contributed by atoms with Gasteiger partial charge in [-0.15, -0.1) is 0 Å². The molecule has 0 unspecified atom stereocenters. The fourth-order valence-corrected chi connectivity index (χ4v) is 2.93. The number of esters is 1. The van der Waals surface area contributed by atoms with Crippen LogP contribution in [0.15, 0.2) is 53.3 Å². The predicted molar refractivity (Wildman–Crippen MR) is 112 cm³/mol. The Bertz CT molecular complexity index is 1170. The van der Waals surface area contributed by atoms with E-state index in [2.05, 4.69) is 10.4 Å². The third-order valence-corrected chi connectivity index (χ3v) is 4.41. The fourth-order valence-electron chi connectivity index (χ4n) is 2.93. The van der Waals surface area contributed by atoms with Crippen LogP contribution in [0.2, 0.25) is 0 Å². The summed E-state index contributed by atoms with van der Waals surface area (Å²) in [6.45, 7) is 3.19. The number of carbonyl (C=O) groups is 3. The average molecular weight is 407 g/mol. The molecule has 1 aromatic heterocycles. The van der Waals surface area contributed by atoms with Crippen molar-refractivity contribution in [2.75, 3.05) is 11.9 Å². The van der Waals surface area contributed by atoms with Crippen LogP contribution in [-0.4, -0.2) is 34.0 Å². The van der Waals surface area contributed by atoms with Crippen LogP contribution in [0, 0.1) is 0 Å². The zero-order valence-electron chi connectivity index (χ0n) is 16.7. The summed E-state index contributed by atoms with van der Waals surface area (Å²) in [6, 6.07) is 13.0. The molecule has 1 N–H and O–H groups in total. The number of aryl methyl sites for hydroxylation is 1. The van der Waals surface area contributed by atoms with Gasteiger partial charge in [0.1, 0.15) is 0 Å². The molecule has 8 nitrogen and oxygen atoms in total. The van der Waals surface area contributed by atoms with Gasteiger partial charge in [-0.2, -0.15) is 5.10 Å². The Hall–Kier alpha value is -3.81. The van der Waals surface area contributed by atoms with Crippen molar-refractivity contribution in [3.63, 3.8) is 0 Å². The van der Waals surface area contributed by atoms with Crippen molar-refractivity contribution in [2.45, 2.75) is 26.8 Å². The molecule has 0 aliphatic carbocycles. The van der Waals surface area contributed by atoms with Gasteiger partial charge in [0.15, 0.2) is 18.1 Å². The number of rotatable bonds is 7. The maximum absolute atomic E-state index is 12.6. The first kappa shape index (κ1) is 20.9. The zero-order chi connectivity index (χ0) is 21.7. The van der Waals surface area contributed by atoms with Crippen molar-refractivity contribution in [3.8, 4) is 0 Å². The Morgan fingerprint density at radius 3 is 2.33 bits per heavy atom. The summed E-state index contributed by atoms with van der Waals surface area (Å²) in [5, 5.41) is 7.47. The third kappa shape index (κ3) is 4.60. The van der Waals surface area contributed by atoms with E-state index < -0.39 is 18.5 Å². The number of anilines is 1. The number of fused-ring (bicyclic) bond motifs is 1. The first-order valence-corrected chi connectivity index (χ1v) is 9.48. The van der Waals surface area contributed by atoms with Crippen LogP contribution in [0.1, 0.15) is 41.1 Å². The van der Waals surface area contributed by atoms with E-state index in [9.17, 15) is 19.2 Å². The molecule has 8 heteroatoms. The lowest BCUT2D eigenvalue weighted by Crippen LogP contribution is -2.27. The second-order valence-corrected chi connectivity index (χ2v) is 6.68. The van der Waals surface area contributed by atoms with Crippen LogP contribution in [0.3, 0.4) is 0 Å². The first-order valence-electron chi connectivity index (χ1n) is 9.48. The Balaban J connectivity index is 1.73. The molecule has 0 aliphatic heterocycles. The SMILES string of the molecule is CCCn1nc(C(=O)OCC(=O)Nc2ccc(C(C)=O)cc2)c2ccccc2c1=O. The molecule has 0 atom stereocenters. The van der Waals surface area contributed by atoms with Crippen LogP contribution in [-0.2, 0) is 16.1 Å². The molecule has 0 fully saturated rings. The molecule has 0 aliphatic rings. The summed E-state index contributed by atoms with van der Waals surface area (Å²) in [7, 11) is 0. The van der Waals surface area contributed by atoms with Crippen LogP contribution < -0.4 is 10.9 Å². The third-order valence-electron chi connectivity index (χ3n) is 4.41. The molecule has 0 saturated carbocycles. The molecule has 30 heavy (non-hydrogen) atoms. The molecule has 0 saturated heterocycles. The highest BCUT2D eigenvalue weighted by Gasteiger charge is 2.19. The van der Waals surface area contributed by atoms with E-state index in [1.54, 1.807) is 48.5 Å². The average Bonchev–Trinajstić information content (AvgIpc) is 2.74. The summed E-state index contributed by atoms with van der Waals surface area (Å²) >= 11 is 0. The smallest absolute Gasteiger partial charge is 0.359 e. The van der Waals surface area contributed by atoms with E-state index in [-0.39, 0.29) is 17.0 Å². The highest BCUT2D eigenvalue weighted by molar-refractivity contribution is 6.03. The highest BCUT2D eigenvalue weighted by atomic mass is 16.5. The maximum atomic E-state index is 12.6. The van der Waals surface area contributed by atoms with E-state index in [1.807, 2.05) is 6.92 Å². The lowest BCUT2D eigenvalue weighted by molar-refractivity contribution is -0.119. The van der Waals surface area contributed by atoms with Crippen molar-refractivity contribution in [1.82, 2.24) is 9.78 Å². The number of Topliss-reactive ketones (excluding diaryl/α,β-unsaturated/α-hetero) is 1. The molecule has 3 rings (SSSR count). The number of aromatic nitrogens is 2. The molecular formula is C22H21N3O5. The molecule has 2 aromatic carbocycles. The number of hydrogen-bond donors (Lipinski definition) is 1. The van der Waals surface area contributed by atoms with Gasteiger partial charge < -0.3 is 10.1 Å². The molecule has 0 radical (unpaired) electrons. The minimum absolute atomic E-state index is 0.0164. The van der Waals surface area contributed by atoms with E-state index in [1.165, 1.54) is 11.6 Å². The Morgan fingerprint density at radius 2 is 1.70 bits per heavy atom. The highest BCUT2D eigenvalue weighted by Crippen LogP contribution is 2.15. The maximum Gasteiger partial charge on any atom is 0.359 e. The second-order valence-electron chi connectivity index (χ2n) is 6.68. The van der Waals surface area contributed by atoms with E-state index in [0.29, 0.717) is 35.0 Å². The number of nitrogens with one attached hydrogen (secondary N) is 1. The minimum atomic E-state index is -0.793.